The van der Waals surface area contributed by atoms with E-state index >= 15 is 0 Å². The van der Waals surface area contributed by atoms with Crippen LogP contribution in [0.4, 0.5) is 16.4 Å². The smallest absolute Gasteiger partial charge is 0.322 e. The van der Waals surface area contributed by atoms with Gasteiger partial charge in [0.1, 0.15) is 0 Å². The predicted molar refractivity (Wildman–Crippen MR) is 126 cm³/mol. The Kier molecular flexibility index (Phi) is 5.51. The van der Waals surface area contributed by atoms with E-state index in [0.717, 1.165) is 63.5 Å². The van der Waals surface area contributed by atoms with E-state index in [1.807, 2.05) is 4.90 Å². The van der Waals surface area contributed by atoms with Crippen LogP contribution in [0.2, 0.25) is 0 Å². The fourth-order valence-electron chi connectivity index (χ4n) is 5.57. The number of benzene rings is 1. The second kappa shape index (κ2) is 8.33. The van der Waals surface area contributed by atoms with Gasteiger partial charge in [-0.25, -0.2) is 14.8 Å². The molecule has 3 heterocycles. The van der Waals surface area contributed by atoms with Gasteiger partial charge in [0, 0.05) is 31.7 Å². The summed E-state index contributed by atoms with van der Waals surface area (Å²) in [7, 11) is 4.34. The van der Waals surface area contributed by atoms with Crippen LogP contribution in [0.5, 0.6) is 0 Å². The van der Waals surface area contributed by atoms with Gasteiger partial charge in [0.25, 0.3) is 0 Å². The number of nitrogens with zero attached hydrogens (tertiary/aromatic N) is 5. The predicted octanol–water partition coefficient (Wildman–Crippen LogP) is 2.19. The Hall–Kier alpha value is -2.71. The molecule has 1 spiro atoms. The molecule has 32 heavy (non-hydrogen) atoms. The Bertz CT molecular complexity index is 933. The fraction of sp³-hybridized carbons (Fsp3) is 0.542. The molecule has 2 aromatic rings. The van der Waals surface area contributed by atoms with Gasteiger partial charge >= 0.3 is 6.03 Å². The maximum atomic E-state index is 12.9. The molecule has 2 amide bonds. The molecule has 1 saturated carbocycles. The van der Waals surface area contributed by atoms with Crippen LogP contribution >= 0.6 is 0 Å². The lowest BCUT2D eigenvalue weighted by atomic mass is 9.69. The van der Waals surface area contributed by atoms with Gasteiger partial charge in [0.2, 0.25) is 5.95 Å². The quantitative estimate of drug-likeness (QED) is 0.767. The van der Waals surface area contributed by atoms with E-state index < -0.39 is 0 Å². The van der Waals surface area contributed by atoms with Gasteiger partial charge in [-0.2, -0.15) is 0 Å². The van der Waals surface area contributed by atoms with Crippen LogP contribution in [0, 0.1) is 0 Å². The highest BCUT2D eigenvalue weighted by Gasteiger charge is 2.50. The lowest BCUT2D eigenvalue weighted by molar-refractivity contribution is 0.0658. The molecule has 0 unspecified atom stereocenters. The molecule has 1 aliphatic carbocycles. The molecule has 170 valence electrons. The van der Waals surface area contributed by atoms with Crippen LogP contribution in [0.25, 0.3) is 0 Å². The number of hydrogen-bond acceptors (Lipinski definition) is 6. The van der Waals surface area contributed by atoms with Crippen LogP contribution in [0.1, 0.15) is 31.2 Å². The highest BCUT2D eigenvalue weighted by Crippen LogP contribution is 2.46. The van der Waals surface area contributed by atoms with Crippen molar-refractivity contribution in [3.05, 3.63) is 48.3 Å². The van der Waals surface area contributed by atoms with Crippen molar-refractivity contribution in [3.8, 4) is 0 Å². The standard InChI is InChI=1S/C24H33N7O/c1-29(2)24(19-6-4-3-5-7-19)10-8-23(9-11-24)18-31(22(32)28-23)20-16-26-21(27-17-20)30-14-12-25-13-15-30/h3-7,16-17,25H,8-15,18H2,1-2H3,(H,28,32)/t23-,24-. The molecule has 0 bridgehead atoms. The van der Waals surface area contributed by atoms with Crippen molar-refractivity contribution in [2.45, 2.75) is 36.8 Å². The number of aromatic nitrogens is 2. The minimum absolute atomic E-state index is 0.0126. The van der Waals surface area contributed by atoms with Gasteiger partial charge in [-0.3, -0.25) is 9.80 Å². The van der Waals surface area contributed by atoms with Gasteiger partial charge in [0.15, 0.2) is 0 Å². The minimum Gasteiger partial charge on any atom is -0.338 e. The largest absolute Gasteiger partial charge is 0.338 e. The van der Waals surface area contributed by atoms with Crippen molar-refractivity contribution >= 4 is 17.7 Å². The number of carbonyl (C=O) groups is 1. The number of urea groups is 1. The summed E-state index contributed by atoms with van der Waals surface area (Å²) in [5, 5.41) is 6.66. The molecule has 0 radical (unpaired) electrons. The number of nitrogens with one attached hydrogen (secondary N) is 2. The van der Waals surface area contributed by atoms with E-state index in [0.29, 0.717) is 6.54 Å². The molecule has 3 fully saturated rings. The van der Waals surface area contributed by atoms with Gasteiger partial charge in [-0.1, -0.05) is 30.3 Å². The van der Waals surface area contributed by atoms with Crippen LogP contribution in [-0.4, -0.2) is 73.3 Å². The third kappa shape index (κ3) is 3.71. The number of anilines is 2. The summed E-state index contributed by atoms with van der Waals surface area (Å²) < 4.78 is 0. The average molecular weight is 436 g/mol. The summed E-state index contributed by atoms with van der Waals surface area (Å²) in [6.45, 7) is 4.36. The summed E-state index contributed by atoms with van der Waals surface area (Å²) >= 11 is 0. The zero-order chi connectivity index (χ0) is 22.2. The van der Waals surface area contributed by atoms with Crippen molar-refractivity contribution in [2.75, 3.05) is 56.6 Å². The Balaban J connectivity index is 1.30. The Morgan fingerprint density at radius 3 is 2.25 bits per heavy atom. The molecular formula is C24H33N7O. The van der Waals surface area contributed by atoms with Gasteiger partial charge in [0.05, 0.1) is 30.2 Å². The van der Waals surface area contributed by atoms with Crippen molar-refractivity contribution in [2.24, 2.45) is 0 Å². The molecule has 5 rings (SSSR count). The molecule has 3 aliphatic rings. The van der Waals surface area contributed by atoms with Crippen molar-refractivity contribution in [1.29, 1.82) is 0 Å². The average Bonchev–Trinajstić information content (AvgIpc) is 3.16. The van der Waals surface area contributed by atoms with E-state index in [2.05, 4.69) is 74.8 Å². The third-order valence-electron chi connectivity index (χ3n) is 7.62. The summed E-state index contributed by atoms with van der Waals surface area (Å²) in [6, 6.07) is 10.7. The molecule has 2 N–H and O–H groups in total. The molecular weight excluding hydrogens is 402 g/mol. The van der Waals surface area contributed by atoms with E-state index in [4.69, 9.17) is 0 Å². The van der Waals surface area contributed by atoms with Gasteiger partial charge < -0.3 is 15.5 Å². The Morgan fingerprint density at radius 1 is 0.969 bits per heavy atom. The van der Waals surface area contributed by atoms with Crippen molar-refractivity contribution in [3.63, 3.8) is 0 Å². The molecule has 1 aromatic carbocycles. The monoisotopic (exact) mass is 435 g/mol. The summed E-state index contributed by atoms with van der Waals surface area (Å²) in [5.74, 6) is 0.737. The first-order chi connectivity index (χ1) is 15.5. The van der Waals surface area contributed by atoms with Gasteiger partial charge in [-0.15, -0.1) is 0 Å². The summed E-state index contributed by atoms with van der Waals surface area (Å²) in [5.41, 5.74) is 1.95. The fourth-order valence-corrected chi connectivity index (χ4v) is 5.57. The Morgan fingerprint density at radius 2 is 1.62 bits per heavy atom. The van der Waals surface area contributed by atoms with E-state index in [-0.39, 0.29) is 17.1 Å². The van der Waals surface area contributed by atoms with E-state index in [9.17, 15) is 4.79 Å². The SMILES string of the molecule is CN(C)[C@]1(c2ccccc2)CC[C@@]2(CC1)CN(c1cnc(N3CCNCC3)nc1)C(=O)N2. The first-order valence-corrected chi connectivity index (χ1v) is 11.6. The third-order valence-corrected chi connectivity index (χ3v) is 7.62. The number of hydrogen-bond donors (Lipinski definition) is 2. The zero-order valence-corrected chi connectivity index (χ0v) is 19.0. The van der Waals surface area contributed by atoms with Crippen LogP contribution < -0.4 is 20.4 Å². The second-order valence-corrected chi connectivity index (χ2v) is 9.57. The molecule has 1 aromatic heterocycles. The van der Waals surface area contributed by atoms with Crippen molar-refractivity contribution < 1.29 is 4.79 Å². The Labute approximate surface area is 190 Å². The molecule has 0 atom stereocenters. The molecule has 8 heteroatoms. The van der Waals surface area contributed by atoms with Crippen molar-refractivity contribution in [1.82, 2.24) is 25.5 Å². The van der Waals surface area contributed by atoms with Gasteiger partial charge in [-0.05, 0) is 45.3 Å². The van der Waals surface area contributed by atoms with Crippen LogP contribution in [0.15, 0.2) is 42.7 Å². The molecule has 2 aliphatic heterocycles. The van der Waals surface area contributed by atoms with Crippen LogP contribution in [0.3, 0.4) is 0 Å². The second-order valence-electron chi connectivity index (χ2n) is 9.57. The van der Waals surface area contributed by atoms with E-state index in [1.54, 1.807) is 12.4 Å². The normalized spacial score (nSPS) is 28.4. The number of piperazine rings is 1. The number of rotatable bonds is 4. The zero-order valence-electron chi connectivity index (χ0n) is 19.0. The lowest BCUT2D eigenvalue weighted by Crippen LogP contribution is -2.54. The van der Waals surface area contributed by atoms with E-state index in [1.165, 1.54) is 5.56 Å². The first kappa shape index (κ1) is 21.2. The first-order valence-electron chi connectivity index (χ1n) is 11.6. The van der Waals surface area contributed by atoms with Crippen LogP contribution in [-0.2, 0) is 5.54 Å². The number of carbonyl (C=O) groups excluding carboxylic acids is 1. The lowest BCUT2D eigenvalue weighted by Gasteiger charge is -2.48. The number of amides is 2. The highest BCUT2D eigenvalue weighted by atomic mass is 16.2. The molecule has 8 nitrogen and oxygen atoms in total. The topological polar surface area (TPSA) is 76.6 Å². The molecule has 2 saturated heterocycles. The highest BCUT2D eigenvalue weighted by molar-refractivity contribution is 5.95. The summed E-state index contributed by atoms with van der Waals surface area (Å²) in [4.78, 5) is 28.4. The summed E-state index contributed by atoms with van der Waals surface area (Å²) in [6.07, 6.45) is 7.50. The maximum absolute atomic E-state index is 12.9. The minimum atomic E-state index is -0.192. The maximum Gasteiger partial charge on any atom is 0.322 e.